The summed E-state index contributed by atoms with van der Waals surface area (Å²) in [6.07, 6.45) is 1.59. The number of rotatable bonds is 5. The van der Waals surface area contributed by atoms with Gasteiger partial charge in [0.05, 0.1) is 16.8 Å². The fraction of sp³-hybridized carbons (Fsp3) is 0.105. The Balaban J connectivity index is 1.71. The maximum atomic E-state index is 12.4. The van der Waals surface area contributed by atoms with Crippen LogP contribution in [0.15, 0.2) is 71.8 Å². The molecule has 0 fully saturated rings. The molecule has 3 aromatic rings. The minimum absolute atomic E-state index is 0.210. The molecule has 5 nitrogen and oxygen atoms in total. The van der Waals surface area contributed by atoms with Crippen molar-refractivity contribution in [2.24, 2.45) is 0 Å². The van der Waals surface area contributed by atoms with E-state index in [1.165, 1.54) is 5.56 Å². The highest BCUT2D eigenvalue weighted by molar-refractivity contribution is 7.92. The molecule has 1 aromatic heterocycles. The standard InChI is InChI=1S/C19H19N3O2S/c1-14-3-7-16(8-4-14)21-17-9-12-19(20-13-17)22-25(23,24)18-10-5-15(2)6-11-18/h3-13,21H,1-2H3,(H,20,22). The lowest BCUT2D eigenvalue weighted by molar-refractivity contribution is 0.601. The average molecular weight is 353 g/mol. The monoisotopic (exact) mass is 353 g/mol. The fourth-order valence-electron chi connectivity index (χ4n) is 2.25. The van der Waals surface area contributed by atoms with Crippen LogP contribution in [0.2, 0.25) is 0 Å². The minimum atomic E-state index is -3.64. The van der Waals surface area contributed by atoms with E-state index in [9.17, 15) is 8.42 Å². The third-order valence-electron chi connectivity index (χ3n) is 3.67. The molecule has 0 bridgehead atoms. The Morgan fingerprint density at radius 3 is 1.88 bits per heavy atom. The van der Waals surface area contributed by atoms with Gasteiger partial charge in [-0.05, 0) is 50.2 Å². The zero-order chi connectivity index (χ0) is 17.9. The molecule has 0 aliphatic rings. The highest BCUT2D eigenvalue weighted by Crippen LogP contribution is 2.19. The Labute approximate surface area is 147 Å². The molecule has 0 amide bonds. The molecular weight excluding hydrogens is 334 g/mol. The topological polar surface area (TPSA) is 71.1 Å². The molecule has 2 aromatic carbocycles. The summed E-state index contributed by atoms with van der Waals surface area (Å²) < 4.78 is 27.2. The van der Waals surface area contributed by atoms with Crippen molar-refractivity contribution in [1.82, 2.24) is 4.98 Å². The quantitative estimate of drug-likeness (QED) is 0.719. The van der Waals surface area contributed by atoms with Crippen molar-refractivity contribution in [2.75, 3.05) is 10.0 Å². The number of aryl methyl sites for hydroxylation is 2. The lowest BCUT2D eigenvalue weighted by Gasteiger charge is -2.09. The van der Waals surface area contributed by atoms with Crippen molar-refractivity contribution in [2.45, 2.75) is 18.7 Å². The third-order valence-corrected chi connectivity index (χ3v) is 5.04. The van der Waals surface area contributed by atoms with Crippen molar-refractivity contribution < 1.29 is 8.42 Å². The summed E-state index contributed by atoms with van der Waals surface area (Å²) in [5.74, 6) is 0.273. The molecule has 0 radical (unpaired) electrons. The first-order chi connectivity index (χ1) is 11.9. The third kappa shape index (κ3) is 4.36. The first-order valence-corrected chi connectivity index (χ1v) is 9.30. The van der Waals surface area contributed by atoms with Gasteiger partial charge in [-0.2, -0.15) is 0 Å². The van der Waals surface area contributed by atoms with E-state index in [1.807, 2.05) is 38.1 Å². The van der Waals surface area contributed by atoms with Crippen LogP contribution in [0.1, 0.15) is 11.1 Å². The fourth-order valence-corrected chi connectivity index (χ4v) is 3.25. The van der Waals surface area contributed by atoms with Gasteiger partial charge in [0.15, 0.2) is 0 Å². The van der Waals surface area contributed by atoms with Crippen molar-refractivity contribution >= 4 is 27.2 Å². The summed E-state index contributed by atoms with van der Waals surface area (Å²) in [5, 5.41) is 3.22. The molecule has 3 rings (SSSR count). The molecule has 6 heteroatoms. The molecule has 25 heavy (non-hydrogen) atoms. The average Bonchev–Trinajstić information content (AvgIpc) is 2.59. The number of benzene rings is 2. The van der Waals surface area contributed by atoms with Gasteiger partial charge in [-0.1, -0.05) is 35.4 Å². The van der Waals surface area contributed by atoms with Crippen LogP contribution in [-0.4, -0.2) is 13.4 Å². The van der Waals surface area contributed by atoms with Crippen LogP contribution in [0, 0.1) is 13.8 Å². The van der Waals surface area contributed by atoms with Gasteiger partial charge in [0.1, 0.15) is 5.82 Å². The minimum Gasteiger partial charge on any atom is -0.354 e. The van der Waals surface area contributed by atoms with Crippen LogP contribution in [0.5, 0.6) is 0 Å². The molecule has 2 N–H and O–H groups in total. The predicted octanol–water partition coefficient (Wildman–Crippen LogP) is 4.24. The van der Waals surface area contributed by atoms with Gasteiger partial charge in [-0.15, -0.1) is 0 Å². The van der Waals surface area contributed by atoms with Crippen LogP contribution in [0.3, 0.4) is 0 Å². The summed E-state index contributed by atoms with van der Waals surface area (Å²) in [6, 6.07) is 18.1. The number of nitrogens with zero attached hydrogens (tertiary/aromatic N) is 1. The van der Waals surface area contributed by atoms with Gasteiger partial charge in [0.2, 0.25) is 0 Å². The highest BCUT2D eigenvalue weighted by Gasteiger charge is 2.14. The summed E-state index contributed by atoms with van der Waals surface area (Å²) in [5.41, 5.74) is 3.91. The number of aromatic nitrogens is 1. The Hall–Kier alpha value is -2.86. The number of sulfonamides is 1. The second-order valence-electron chi connectivity index (χ2n) is 5.84. The lowest BCUT2D eigenvalue weighted by atomic mass is 10.2. The predicted molar refractivity (Wildman–Crippen MR) is 101 cm³/mol. The van der Waals surface area contributed by atoms with Gasteiger partial charge in [-0.25, -0.2) is 13.4 Å². The van der Waals surface area contributed by atoms with Gasteiger partial charge >= 0.3 is 0 Å². The van der Waals surface area contributed by atoms with Gasteiger partial charge < -0.3 is 5.32 Å². The summed E-state index contributed by atoms with van der Waals surface area (Å²) in [4.78, 5) is 4.38. The first-order valence-electron chi connectivity index (χ1n) is 7.82. The first kappa shape index (κ1) is 17.0. The van der Waals surface area contributed by atoms with E-state index in [0.29, 0.717) is 0 Å². The highest BCUT2D eigenvalue weighted by atomic mass is 32.2. The van der Waals surface area contributed by atoms with Crippen LogP contribution in [0.4, 0.5) is 17.2 Å². The molecule has 0 spiro atoms. The molecule has 1 heterocycles. The summed E-state index contributed by atoms with van der Waals surface area (Å²) in [6.45, 7) is 3.94. The number of nitrogens with one attached hydrogen (secondary N) is 2. The summed E-state index contributed by atoms with van der Waals surface area (Å²) >= 11 is 0. The zero-order valence-corrected chi connectivity index (χ0v) is 14.8. The van der Waals surface area contributed by atoms with Crippen LogP contribution >= 0.6 is 0 Å². The molecule has 0 aliphatic heterocycles. The van der Waals surface area contributed by atoms with Crippen molar-refractivity contribution in [3.63, 3.8) is 0 Å². The van der Waals surface area contributed by atoms with Crippen LogP contribution < -0.4 is 10.0 Å². The Bertz CT molecular complexity index is 949. The number of anilines is 3. The lowest BCUT2D eigenvalue weighted by Crippen LogP contribution is -2.13. The number of hydrogen-bond donors (Lipinski definition) is 2. The Kier molecular flexibility index (Phi) is 4.72. The number of pyridine rings is 1. The maximum absolute atomic E-state index is 12.4. The van der Waals surface area contributed by atoms with Gasteiger partial charge in [0, 0.05) is 5.69 Å². The molecule has 128 valence electrons. The SMILES string of the molecule is Cc1ccc(Nc2ccc(NS(=O)(=O)c3ccc(C)cc3)nc2)cc1. The second-order valence-corrected chi connectivity index (χ2v) is 7.52. The maximum Gasteiger partial charge on any atom is 0.263 e. The van der Waals surface area contributed by atoms with Crippen molar-refractivity contribution in [3.05, 3.63) is 78.0 Å². The van der Waals surface area contributed by atoms with Gasteiger partial charge in [0.25, 0.3) is 10.0 Å². The second kappa shape index (κ2) is 6.94. The van der Waals surface area contributed by atoms with E-state index in [-0.39, 0.29) is 10.7 Å². The van der Waals surface area contributed by atoms with E-state index < -0.39 is 10.0 Å². The van der Waals surface area contributed by atoms with Crippen LogP contribution in [0.25, 0.3) is 0 Å². The molecule has 0 saturated heterocycles. The van der Waals surface area contributed by atoms with E-state index in [1.54, 1.807) is 42.6 Å². The normalized spacial score (nSPS) is 11.1. The largest absolute Gasteiger partial charge is 0.354 e. The molecule has 0 atom stereocenters. The summed E-state index contributed by atoms with van der Waals surface area (Å²) in [7, 11) is -3.64. The Morgan fingerprint density at radius 2 is 1.32 bits per heavy atom. The van der Waals surface area contributed by atoms with E-state index in [2.05, 4.69) is 15.0 Å². The van der Waals surface area contributed by atoms with Crippen LogP contribution in [-0.2, 0) is 10.0 Å². The van der Waals surface area contributed by atoms with Crippen molar-refractivity contribution in [3.8, 4) is 0 Å². The Morgan fingerprint density at radius 1 is 0.760 bits per heavy atom. The van der Waals surface area contributed by atoms with Gasteiger partial charge in [-0.3, -0.25) is 4.72 Å². The molecule has 0 unspecified atom stereocenters. The van der Waals surface area contributed by atoms with E-state index in [4.69, 9.17) is 0 Å². The molecule has 0 aliphatic carbocycles. The zero-order valence-electron chi connectivity index (χ0n) is 14.0. The van der Waals surface area contributed by atoms with E-state index in [0.717, 1.165) is 16.9 Å². The number of hydrogen-bond acceptors (Lipinski definition) is 4. The van der Waals surface area contributed by atoms with Crippen molar-refractivity contribution in [1.29, 1.82) is 0 Å². The smallest absolute Gasteiger partial charge is 0.263 e. The molecular formula is C19H19N3O2S. The molecule has 0 saturated carbocycles. The van der Waals surface area contributed by atoms with E-state index >= 15 is 0 Å².